The van der Waals surface area contributed by atoms with E-state index in [1.54, 1.807) is 12.1 Å². The van der Waals surface area contributed by atoms with E-state index in [1.807, 2.05) is 0 Å². The van der Waals surface area contributed by atoms with Crippen LogP contribution in [0, 0.1) is 0 Å². The molecule has 0 radical (unpaired) electrons. The molecule has 0 atom stereocenters. The maximum Gasteiger partial charge on any atom is 0.281 e. The summed E-state index contributed by atoms with van der Waals surface area (Å²) in [5.74, 6) is 0. The Hall–Kier alpha value is -1.73. The van der Waals surface area contributed by atoms with Gasteiger partial charge in [-0.15, -0.1) is 0 Å². The Labute approximate surface area is 109 Å². The zero-order valence-corrected chi connectivity index (χ0v) is 11.0. The van der Waals surface area contributed by atoms with Crippen molar-refractivity contribution in [3.8, 4) is 0 Å². The molecule has 1 aromatic carbocycles. The molecule has 3 N–H and O–H groups in total. The van der Waals surface area contributed by atoms with Crippen LogP contribution >= 0.6 is 11.6 Å². The molecule has 0 aliphatic carbocycles. The first-order valence-electron chi connectivity index (χ1n) is 4.96. The van der Waals surface area contributed by atoms with E-state index in [9.17, 15) is 8.42 Å². The highest BCUT2D eigenvalue weighted by atomic mass is 35.5. The van der Waals surface area contributed by atoms with Crippen molar-refractivity contribution in [1.82, 2.24) is 10.2 Å². The van der Waals surface area contributed by atoms with E-state index >= 15 is 0 Å². The molecule has 0 unspecified atom stereocenters. The number of halogens is 1. The fourth-order valence-electron chi connectivity index (χ4n) is 1.45. The van der Waals surface area contributed by atoms with Crippen molar-refractivity contribution in [2.75, 3.05) is 17.1 Å². The van der Waals surface area contributed by atoms with Crippen LogP contribution in [0.15, 0.2) is 35.5 Å². The van der Waals surface area contributed by atoms with Crippen LogP contribution in [0.3, 0.4) is 0 Å². The second kappa shape index (κ2) is 4.51. The summed E-state index contributed by atoms with van der Waals surface area (Å²) >= 11 is 5.84. The minimum Gasteiger partial charge on any atom is -0.397 e. The van der Waals surface area contributed by atoms with Crippen LogP contribution < -0.4 is 10.0 Å². The van der Waals surface area contributed by atoms with Gasteiger partial charge in [-0.25, -0.2) is 0 Å². The quantitative estimate of drug-likeness (QED) is 0.836. The van der Waals surface area contributed by atoms with Gasteiger partial charge < -0.3 is 5.73 Å². The first-order valence-corrected chi connectivity index (χ1v) is 6.78. The largest absolute Gasteiger partial charge is 0.397 e. The van der Waals surface area contributed by atoms with Gasteiger partial charge in [-0.1, -0.05) is 11.6 Å². The summed E-state index contributed by atoms with van der Waals surface area (Å²) in [6.45, 7) is 0. The lowest BCUT2D eigenvalue weighted by atomic mass is 10.3. The molecule has 18 heavy (non-hydrogen) atoms. The summed E-state index contributed by atoms with van der Waals surface area (Å²) in [5.41, 5.74) is 6.39. The number of nitrogens with two attached hydrogens (primary N) is 1. The Morgan fingerprint density at radius 1 is 1.39 bits per heavy atom. The van der Waals surface area contributed by atoms with Gasteiger partial charge in [0.1, 0.15) is 0 Å². The van der Waals surface area contributed by atoms with Gasteiger partial charge in [0.05, 0.1) is 17.6 Å². The molecular formula is C10H11ClN4O2S. The van der Waals surface area contributed by atoms with E-state index in [4.69, 9.17) is 17.3 Å². The van der Waals surface area contributed by atoms with Crippen LogP contribution in [-0.4, -0.2) is 25.7 Å². The number of aromatic amines is 1. The number of aromatic nitrogens is 2. The molecule has 0 aliphatic rings. The van der Waals surface area contributed by atoms with Crippen molar-refractivity contribution >= 4 is 33.0 Å². The monoisotopic (exact) mass is 286 g/mol. The maximum atomic E-state index is 12.2. The summed E-state index contributed by atoms with van der Waals surface area (Å²) < 4.78 is 25.5. The standard InChI is InChI=1S/C10H11ClN4O2S/c1-15(9-6-7(11)2-3-8(9)12)18(16,17)10-4-5-13-14-10/h2-6H,12H2,1H3,(H,13,14). The molecule has 0 amide bonds. The van der Waals surface area contributed by atoms with Crippen molar-refractivity contribution in [2.45, 2.75) is 5.03 Å². The van der Waals surface area contributed by atoms with E-state index < -0.39 is 10.0 Å². The van der Waals surface area contributed by atoms with Crippen molar-refractivity contribution < 1.29 is 8.42 Å². The molecule has 0 saturated carbocycles. The van der Waals surface area contributed by atoms with Gasteiger partial charge in [0.2, 0.25) is 0 Å². The molecule has 6 nitrogen and oxygen atoms in total. The van der Waals surface area contributed by atoms with Crippen molar-refractivity contribution in [2.24, 2.45) is 0 Å². The summed E-state index contributed by atoms with van der Waals surface area (Å²) in [4.78, 5) is 0. The van der Waals surface area contributed by atoms with Crippen molar-refractivity contribution in [3.05, 3.63) is 35.5 Å². The minimum atomic E-state index is -3.71. The lowest BCUT2D eigenvalue weighted by Crippen LogP contribution is -2.27. The lowest BCUT2D eigenvalue weighted by molar-refractivity contribution is 0.590. The molecule has 0 aliphatic heterocycles. The second-order valence-electron chi connectivity index (χ2n) is 3.60. The van der Waals surface area contributed by atoms with Crippen LogP contribution in [0.1, 0.15) is 0 Å². The summed E-state index contributed by atoms with van der Waals surface area (Å²) in [7, 11) is -2.31. The van der Waals surface area contributed by atoms with E-state index in [0.29, 0.717) is 16.4 Å². The van der Waals surface area contributed by atoms with Gasteiger partial charge in [0.15, 0.2) is 5.03 Å². The van der Waals surface area contributed by atoms with Gasteiger partial charge in [-0.05, 0) is 24.3 Å². The number of nitrogens with zero attached hydrogens (tertiary/aromatic N) is 2. The third-order valence-corrected chi connectivity index (χ3v) is 4.38. The number of hydrogen-bond acceptors (Lipinski definition) is 4. The van der Waals surface area contributed by atoms with Gasteiger partial charge in [0.25, 0.3) is 10.0 Å². The smallest absolute Gasteiger partial charge is 0.281 e. The zero-order chi connectivity index (χ0) is 13.3. The Morgan fingerprint density at radius 3 is 2.72 bits per heavy atom. The van der Waals surface area contributed by atoms with Crippen molar-refractivity contribution in [1.29, 1.82) is 0 Å². The normalized spacial score (nSPS) is 11.4. The molecular weight excluding hydrogens is 276 g/mol. The van der Waals surface area contributed by atoms with Crippen LogP contribution in [-0.2, 0) is 10.0 Å². The molecule has 2 aromatic rings. The van der Waals surface area contributed by atoms with Crippen molar-refractivity contribution in [3.63, 3.8) is 0 Å². The molecule has 2 rings (SSSR count). The van der Waals surface area contributed by atoms with Crippen LogP contribution in [0.5, 0.6) is 0 Å². The molecule has 0 bridgehead atoms. The number of H-pyrrole nitrogens is 1. The highest BCUT2D eigenvalue weighted by Gasteiger charge is 2.24. The predicted octanol–water partition coefficient (Wildman–Crippen LogP) is 1.47. The molecule has 0 saturated heterocycles. The molecule has 1 heterocycles. The Bertz CT molecular complexity index is 655. The van der Waals surface area contributed by atoms with Gasteiger partial charge in [0, 0.05) is 12.1 Å². The number of rotatable bonds is 3. The maximum absolute atomic E-state index is 12.2. The first kappa shape index (κ1) is 12.7. The van der Waals surface area contributed by atoms with Crippen LogP contribution in [0.4, 0.5) is 11.4 Å². The minimum absolute atomic E-state index is 0.00984. The van der Waals surface area contributed by atoms with Gasteiger partial charge >= 0.3 is 0 Å². The van der Waals surface area contributed by atoms with Gasteiger partial charge in [-0.2, -0.15) is 13.5 Å². The summed E-state index contributed by atoms with van der Waals surface area (Å²) in [6.07, 6.45) is 1.36. The molecule has 1 aromatic heterocycles. The summed E-state index contributed by atoms with van der Waals surface area (Å²) in [5, 5.41) is 6.42. The summed E-state index contributed by atoms with van der Waals surface area (Å²) in [6, 6.07) is 6.01. The molecule has 0 spiro atoms. The first-order chi connectivity index (χ1) is 8.43. The zero-order valence-electron chi connectivity index (χ0n) is 9.46. The molecule has 8 heteroatoms. The Balaban J connectivity index is 2.49. The number of nitrogen functional groups attached to an aromatic ring is 1. The fourth-order valence-corrected chi connectivity index (χ4v) is 2.73. The topological polar surface area (TPSA) is 92.1 Å². The number of benzene rings is 1. The number of anilines is 2. The lowest BCUT2D eigenvalue weighted by Gasteiger charge is -2.20. The molecule has 96 valence electrons. The average molecular weight is 287 g/mol. The SMILES string of the molecule is CN(c1cc(Cl)ccc1N)S(=O)(=O)c1ccn[nH]1. The second-order valence-corrected chi connectivity index (χ2v) is 5.97. The number of nitrogens with one attached hydrogen (secondary N) is 1. The molecule has 0 fully saturated rings. The van der Waals surface area contributed by atoms with Crippen LogP contribution in [0.25, 0.3) is 0 Å². The van der Waals surface area contributed by atoms with E-state index in [-0.39, 0.29) is 5.03 Å². The third kappa shape index (κ3) is 2.14. The fraction of sp³-hybridized carbons (Fsp3) is 0.100. The van der Waals surface area contributed by atoms with E-state index in [0.717, 1.165) is 4.31 Å². The Morgan fingerprint density at radius 2 is 2.11 bits per heavy atom. The predicted molar refractivity (Wildman–Crippen MR) is 70.0 cm³/mol. The number of sulfonamides is 1. The van der Waals surface area contributed by atoms with Gasteiger partial charge in [-0.3, -0.25) is 9.40 Å². The average Bonchev–Trinajstić information content (AvgIpc) is 2.85. The highest BCUT2D eigenvalue weighted by Crippen LogP contribution is 2.29. The van der Waals surface area contributed by atoms with Crippen LogP contribution in [0.2, 0.25) is 5.02 Å². The number of hydrogen-bond donors (Lipinski definition) is 2. The Kier molecular flexibility index (Phi) is 3.18. The van der Waals surface area contributed by atoms with E-state index in [1.165, 1.54) is 25.4 Å². The third-order valence-electron chi connectivity index (χ3n) is 2.45. The van der Waals surface area contributed by atoms with E-state index in [2.05, 4.69) is 10.2 Å². The highest BCUT2D eigenvalue weighted by molar-refractivity contribution is 7.92.